The van der Waals surface area contributed by atoms with E-state index in [-0.39, 0.29) is 17.9 Å². The number of rotatable bonds is 7. The van der Waals surface area contributed by atoms with Crippen LogP contribution in [-0.2, 0) is 6.54 Å². The highest BCUT2D eigenvalue weighted by molar-refractivity contribution is 8.00. The van der Waals surface area contributed by atoms with Gasteiger partial charge in [0.15, 0.2) is 10.9 Å². The Morgan fingerprint density at radius 2 is 1.93 bits per heavy atom. The summed E-state index contributed by atoms with van der Waals surface area (Å²) in [5.41, 5.74) is 3.35. The highest BCUT2D eigenvalue weighted by Gasteiger charge is 2.21. The van der Waals surface area contributed by atoms with Gasteiger partial charge in [0.05, 0.1) is 16.2 Å². The van der Waals surface area contributed by atoms with E-state index in [9.17, 15) is 14.7 Å². The van der Waals surface area contributed by atoms with Gasteiger partial charge < -0.3 is 5.11 Å². The number of aliphatic hydroxyl groups is 1. The van der Waals surface area contributed by atoms with Crippen molar-refractivity contribution in [3.05, 3.63) is 69.5 Å². The molecule has 3 rings (SSSR count). The standard InChI is InChI=1S/C22H24N2O3S/c1-14-9-10-17(13-15(14)2)20(26)16(3)28-22-23-19-8-5-4-7-18(19)21(27)24(22)11-6-12-25/h4-5,7-10,13,16,25H,6,11-12H2,1-3H3. The highest BCUT2D eigenvalue weighted by atomic mass is 32.2. The molecule has 0 fully saturated rings. The molecule has 28 heavy (non-hydrogen) atoms. The predicted molar refractivity (Wildman–Crippen MR) is 113 cm³/mol. The molecule has 0 saturated heterocycles. The molecule has 3 aromatic rings. The van der Waals surface area contributed by atoms with Crippen molar-refractivity contribution in [3.63, 3.8) is 0 Å². The Kier molecular flexibility index (Phi) is 6.31. The molecule has 0 aliphatic carbocycles. The summed E-state index contributed by atoms with van der Waals surface area (Å²) in [6.07, 6.45) is 0.451. The fourth-order valence-corrected chi connectivity index (χ4v) is 4.02. The summed E-state index contributed by atoms with van der Waals surface area (Å²) in [5.74, 6) is 0.00390. The van der Waals surface area contributed by atoms with E-state index in [4.69, 9.17) is 0 Å². The summed E-state index contributed by atoms with van der Waals surface area (Å²) in [7, 11) is 0. The normalized spacial score (nSPS) is 12.3. The summed E-state index contributed by atoms with van der Waals surface area (Å²) in [4.78, 5) is 30.4. The number of aryl methyl sites for hydroxylation is 2. The van der Waals surface area contributed by atoms with Gasteiger partial charge in [-0.05, 0) is 56.5 Å². The summed E-state index contributed by atoms with van der Waals surface area (Å²) in [6.45, 7) is 6.18. The number of benzene rings is 2. The number of Topliss-reactive ketones (excluding diaryl/α,β-unsaturated/α-hetero) is 1. The first-order valence-electron chi connectivity index (χ1n) is 9.31. The van der Waals surface area contributed by atoms with Crippen LogP contribution in [-0.4, -0.2) is 32.3 Å². The molecule has 1 N–H and O–H groups in total. The Morgan fingerprint density at radius 1 is 1.18 bits per heavy atom. The van der Waals surface area contributed by atoms with Crippen LogP contribution in [0.5, 0.6) is 0 Å². The minimum atomic E-state index is -0.393. The van der Waals surface area contributed by atoms with Gasteiger partial charge in [-0.1, -0.05) is 36.0 Å². The first-order chi connectivity index (χ1) is 13.4. The summed E-state index contributed by atoms with van der Waals surface area (Å²) >= 11 is 1.28. The van der Waals surface area contributed by atoms with Gasteiger partial charge in [0.1, 0.15) is 0 Å². The number of hydrogen-bond acceptors (Lipinski definition) is 5. The quantitative estimate of drug-likeness (QED) is 0.374. The molecular formula is C22H24N2O3S. The van der Waals surface area contributed by atoms with Crippen LogP contribution in [0.4, 0.5) is 0 Å². The Hall–Kier alpha value is -2.44. The molecule has 1 unspecified atom stereocenters. The molecule has 146 valence electrons. The molecule has 2 aromatic carbocycles. The van der Waals surface area contributed by atoms with E-state index in [1.807, 2.05) is 45.0 Å². The molecule has 6 heteroatoms. The zero-order chi connectivity index (χ0) is 20.3. The number of ketones is 1. The van der Waals surface area contributed by atoms with E-state index in [0.717, 1.165) is 11.1 Å². The van der Waals surface area contributed by atoms with Crippen LogP contribution in [0.15, 0.2) is 52.4 Å². The third-order valence-corrected chi connectivity index (χ3v) is 5.90. The number of aromatic nitrogens is 2. The van der Waals surface area contributed by atoms with Gasteiger partial charge in [0, 0.05) is 18.7 Å². The first kappa shape index (κ1) is 20.3. The monoisotopic (exact) mass is 396 g/mol. The number of carbonyl (C=O) groups is 1. The van der Waals surface area contributed by atoms with Crippen molar-refractivity contribution < 1.29 is 9.90 Å². The van der Waals surface area contributed by atoms with Gasteiger partial charge in [0.2, 0.25) is 0 Å². The van der Waals surface area contributed by atoms with Gasteiger partial charge in [-0.3, -0.25) is 14.2 Å². The number of fused-ring (bicyclic) bond motifs is 1. The minimum Gasteiger partial charge on any atom is -0.396 e. The summed E-state index contributed by atoms with van der Waals surface area (Å²) in [6, 6.07) is 12.9. The maximum atomic E-state index is 12.9. The second-order valence-electron chi connectivity index (χ2n) is 6.87. The Morgan fingerprint density at radius 3 is 2.64 bits per heavy atom. The largest absolute Gasteiger partial charge is 0.396 e. The second-order valence-corrected chi connectivity index (χ2v) is 8.18. The third kappa shape index (κ3) is 4.18. The van der Waals surface area contributed by atoms with E-state index < -0.39 is 5.25 Å². The maximum absolute atomic E-state index is 12.9. The van der Waals surface area contributed by atoms with Crippen LogP contribution in [0.3, 0.4) is 0 Å². The Labute approximate surface area is 168 Å². The molecule has 0 aliphatic rings. The minimum absolute atomic E-state index is 0.00390. The summed E-state index contributed by atoms with van der Waals surface area (Å²) in [5, 5.41) is 9.84. The molecule has 0 saturated carbocycles. The van der Waals surface area contributed by atoms with Crippen molar-refractivity contribution in [1.82, 2.24) is 9.55 Å². The van der Waals surface area contributed by atoms with E-state index >= 15 is 0 Å². The number of hydrogen-bond donors (Lipinski definition) is 1. The van der Waals surface area contributed by atoms with Crippen LogP contribution >= 0.6 is 11.8 Å². The highest BCUT2D eigenvalue weighted by Crippen LogP contribution is 2.26. The van der Waals surface area contributed by atoms with E-state index in [1.54, 1.807) is 22.8 Å². The van der Waals surface area contributed by atoms with Crippen molar-refractivity contribution in [1.29, 1.82) is 0 Å². The van der Waals surface area contributed by atoms with E-state index in [2.05, 4.69) is 4.98 Å². The zero-order valence-corrected chi connectivity index (χ0v) is 17.1. The van der Waals surface area contributed by atoms with Gasteiger partial charge >= 0.3 is 0 Å². The third-order valence-electron chi connectivity index (χ3n) is 4.81. The number of para-hydroxylation sites is 1. The Balaban J connectivity index is 1.96. The molecule has 5 nitrogen and oxygen atoms in total. The van der Waals surface area contributed by atoms with Crippen molar-refractivity contribution in [3.8, 4) is 0 Å². The predicted octanol–water partition coefficient (Wildman–Crippen LogP) is 3.76. The van der Waals surface area contributed by atoms with Crippen molar-refractivity contribution in [2.24, 2.45) is 0 Å². The molecule has 1 atom stereocenters. The molecule has 0 radical (unpaired) electrons. The summed E-state index contributed by atoms with van der Waals surface area (Å²) < 4.78 is 1.56. The lowest BCUT2D eigenvalue weighted by Gasteiger charge is -2.16. The lowest BCUT2D eigenvalue weighted by Crippen LogP contribution is -2.25. The smallest absolute Gasteiger partial charge is 0.262 e. The van der Waals surface area contributed by atoms with E-state index in [0.29, 0.717) is 34.6 Å². The molecule has 0 bridgehead atoms. The molecule has 0 amide bonds. The number of thioether (sulfide) groups is 1. The van der Waals surface area contributed by atoms with Gasteiger partial charge in [-0.2, -0.15) is 0 Å². The van der Waals surface area contributed by atoms with Crippen LogP contribution < -0.4 is 5.56 Å². The average molecular weight is 397 g/mol. The zero-order valence-electron chi connectivity index (χ0n) is 16.3. The molecule has 0 aliphatic heterocycles. The van der Waals surface area contributed by atoms with Crippen molar-refractivity contribution in [2.75, 3.05) is 6.61 Å². The lowest BCUT2D eigenvalue weighted by molar-refractivity contribution is 0.0993. The topological polar surface area (TPSA) is 72.2 Å². The van der Waals surface area contributed by atoms with Crippen LogP contribution in [0.1, 0.15) is 34.8 Å². The first-order valence-corrected chi connectivity index (χ1v) is 10.2. The van der Waals surface area contributed by atoms with Crippen molar-refractivity contribution >= 4 is 28.4 Å². The van der Waals surface area contributed by atoms with Crippen LogP contribution in [0.2, 0.25) is 0 Å². The van der Waals surface area contributed by atoms with Gasteiger partial charge in [0.25, 0.3) is 5.56 Å². The fourth-order valence-electron chi connectivity index (χ4n) is 3.00. The number of carbonyl (C=O) groups excluding carboxylic acids is 1. The average Bonchev–Trinajstić information content (AvgIpc) is 2.69. The fraction of sp³-hybridized carbons (Fsp3) is 0.318. The lowest BCUT2D eigenvalue weighted by atomic mass is 10.0. The molecule has 0 spiro atoms. The molecule has 1 aromatic heterocycles. The van der Waals surface area contributed by atoms with E-state index in [1.165, 1.54) is 11.8 Å². The van der Waals surface area contributed by atoms with Gasteiger partial charge in [-0.25, -0.2) is 4.98 Å². The second kappa shape index (κ2) is 8.71. The number of nitrogens with zero attached hydrogens (tertiary/aromatic N) is 2. The maximum Gasteiger partial charge on any atom is 0.262 e. The number of aliphatic hydroxyl groups excluding tert-OH is 1. The Bertz CT molecular complexity index is 1080. The SMILES string of the molecule is Cc1ccc(C(=O)C(C)Sc2nc3ccccc3c(=O)n2CCCO)cc1C. The molecular weight excluding hydrogens is 372 g/mol. The van der Waals surface area contributed by atoms with Gasteiger partial charge in [-0.15, -0.1) is 0 Å². The van der Waals surface area contributed by atoms with Crippen molar-refractivity contribution in [2.45, 2.75) is 44.1 Å². The van der Waals surface area contributed by atoms with Crippen LogP contribution in [0, 0.1) is 13.8 Å². The molecule has 1 heterocycles. The van der Waals surface area contributed by atoms with Crippen LogP contribution in [0.25, 0.3) is 10.9 Å².